The molecule has 0 spiro atoms. The summed E-state index contributed by atoms with van der Waals surface area (Å²) in [5.74, 6) is -0.0574. The summed E-state index contributed by atoms with van der Waals surface area (Å²) in [4.78, 5) is 10.7. The summed E-state index contributed by atoms with van der Waals surface area (Å²) in [6.45, 7) is 0. The molecule has 1 aliphatic carbocycles. The summed E-state index contributed by atoms with van der Waals surface area (Å²) >= 11 is 0. The Balaban J connectivity index is 2.07. The molecule has 0 unspecified atom stereocenters. The van der Waals surface area contributed by atoms with Gasteiger partial charge < -0.3 is 9.67 Å². The molecule has 2 aromatic rings. The van der Waals surface area contributed by atoms with E-state index in [9.17, 15) is 4.79 Å². The summed E-state index contributed by atoms with van der Waals surface area (Å²) in [7, 11) is 2.09. The number of carboxylic acids is 1. The zero-order valence-corrected chi connectivity index (χ0v) is 9.81. The van der Waals surface area contributed by atoms with Crippen molar-refractivity contribution in [1.29, 1.82) is 0 Å². The molecule has 88 valence electrons. The third-order valence-corrected chi connectivity index (χ3v) is 3.49. The van der Waals surface area contributed by atoms with Gasteiger partial charge in [0.15, 0.2) is 0 Å². The average Bonchev–Trinajstić information content (AvgIpc) is 3.04. The topological polar surface area (TPSA) is 42.2 Å². The van der Waals surface area contributed by atoms with Gasteiger partial charge in [-0.2, -0.15) is 0 Å². The van der Waals surface area contributed by atoms with Crippen molar-refractivity contribution in [2.75, 3.05) is 0 Å². The van der Waals surface area contributed by atoms with E-state index in [-0.39, 0.29) is 6.42 Å². The van der Waals surface area contributed by atoms with E-state index in [4.69, 9.17) is 5.11 Å². The zero-order chi connectivity index (χ0) is 12.0. The van der Waals surface area contributed by atoms with Gasteiger partial charge in [0.1, 0.15) is 0 Å². The Hall–Kier alpha value is -1.77. The molecule has 0 amide bonds. The lowest BCUT2D eigenvalue weighted by atomic mass is 10.1. The quantitative estimate of drug-likeness (QED) is 0.879. The Morgan fingerprint density at radius 3 is 2.82 bits per heavy atom. The molecule has 3 heteroatoms. The van der Waals surface area contributed by atoms with Crippen LogP contribution in [0.25, 0.3) is 10.9 Å². The lowest BCUT2D eigenvalue weighted by molar-refractivity contribution is -0.136. The van der Waals surface area contributed by atoms with Crippen LogP contribution in [0.4, 0.5) is 0 Å². The number of carbonyl (C=O) groups is 1. The van der Waals surface area contributed by atoms with Gasteiger partial charge in [0.05, 0.1) is 6.42 Å². The van der Waals surface area contributed by atoms with Gasteiger partial charge in [0, 0.05) is 23.6 Å². The summed E-state index contributed by atoms with van der Waals surface area (Å²) in [6.07, 6.45) is 2.67. The van der Waals surface area contributed by atoms with Crippen LogP contribution < -0.4 is 0 Å². The third-order valence-electron chi connectivity index (χ3n) is 3.49. The molecule has 0 aliphatic heterocycles. The van der Waals surface area contributed by atoms with Gasteiger partial charge in [-0.15, -0.1) is 0 Å². The first kappa shape index (κ1) is 10.4. The highest BCUT2D eigenvalue weighted by atomic mass is 16.4. The zero-order valence-electron chi connectivity index (χ0n) is 9.81. The number of fused-ring (bicyclic) bond motifs is 1. The van der Waals surface area contributed by atoms with Crippen LogP contribution in [-0.2, 0) is 18.3 Å². The van der Waals surface area contributed by atoms with Gasteiger partial charge in [0.25, 0.3) is 0 Å². The number of aliphatic carboxylic acids is 1. The summed E-state index contributed by atoms with van der Waals surface area (Å²) in [5.41, 5.74) is 3.45. The standard InChI is InChI=1S/C14H15NO2/c1-15-12-5-2-9(7-14(16)17)6-11(12)8-13(15)10-3-4-10/h2,5-6,8,10H,3-4,7H2,1H3,(H,16,17). The van der Waals surface area contributed by atoms with Crippen LogP contribution >= 0.6 is 0 Å². The number of hydrogen-bond donors (Lipinski definition) is 1. The van der Waals surface area contributed by atoms with Crippen molar-refractivity contribution in [2.45, 2.75) is 25.2 Å². The van der Waals surface area contributed by atoms with Gasteiger partial charge >= 0.3 is 5.97 Å². The van der Waals surface area contributed by atoms with E-state index >= 15 is 0 Å². The van der Waals surface area contributed by atoms with Gasteiger partial charge in [-0.3, -0.25) is 4.79 Å². The second-order valence-electron chi connectivity index (χ2n) is 4.87. The van der Waals surface area contributed by atoms with Gasteiger partial charge in [-0.1, -0.05) is 6.07 Å². The summed E-state index contributed by atoms with van der Waals surface area (Å²) in [6, 6.07) is 8.14. The Kier molecular flexibility index (Phi) is 2.21. The van der Waals surface area contributed by atoms with E-state index < -0.39 is 5.97 Å². The lowest BCUT2D eigenvalue weighted by Gasteiger charge is -2.02. The van der Waals surface area contributed by atoms with E-state index in [1.165, 1.54) is 24.1 Å². The predicted molar refractivity (Wildman–Crippen MR) is 66.2 cm³/mol. The number of hydrogen-bond acceptors (Lipinski definition) is 1. The predicted octanol–water partition coefficient (Wildman–Crippen LogP) is 2.68. The fraction of sp³-hybridized carbons (Fsp3) is 0.357. The van der Waals surface area contributed by atoms with E-state index in [2.05, 4.69) is 17.7 Å². The highest BCUT2D eigenvalue weighted by Gasteiger charge is 2.26. The molecule has 3 rings (SSSR count). The third kappa shape index (κ3) is 1.82. The Bertz CT molecular complexity index is 594. The number of carboxylic acid groups (broad SMARTS) is 1. The number of aromatic nitrogens is 1. The molecular weight excluding hydrogens is 214 g/mol. The van der Waals surface area contributed by atoms with Crippen molar-refractivity contribution in [3.8, 4) is 0 Å². The molecule has 1 aromatic carbocycles. The first-order valence-corrected chi connectivity index (χ1v) is 5.95. The van der Waals surface area contributed by atoms with E-state index in [1.807, 2.05) is 18.2 Å². The van der Waals surface area contributed by atoms with Gasteiger partial charge in [-0.25, -0.2) is 0 Å². The van der Waals surface area contributed by atoms with E-state index in [0.717, 1.165) is 16.9 Å². The normalized spacial score (nSPS) is 15.4. The highest BCUT2D eigenvalue weighted by Crippen LogP contribution is 2.41. The monoisotopic (exact) mass is 229 g/mol. The van der Waals surface area contributed by atoms with Gasteiger partial charge in [0.2, 0.25) is 0 Å². The summed E-state index contributed by atoms with van der Waals surface area (Å²) in [5, 5.41) is 9.95. The molecule has 0 atom stereocenters. The van der Waals surface area contributed by atoms with Gasteiger partial charge in [-0.05, 0) is 42.5 Å². The van der Waals surface area contributed by atoms with Crippen molar-refractivity contribution in [3.05, 3.63) is 35.5 Å². The molecule has 1 saturated carbocycles. The minimum Gasteiger partial charge on any atom is -0.481 e. The highest BCUT2D eigenvalue weighted by molar-refractivity contribution is 5.83. The van der Waals surface area contributed by atoms with Crippen LogP contribution in [0.5, 0.6) is 0 Å². The number of aryl methyl sites for hydroxylation is 1. The van der Waals surface area contributed by atoms with Crippen LogP contribution in [0.15, 0.2) is 24.3 Å². The Morgan fingerprint density at radius 2 is 2.18 bits per heavy atom. The Labute approximate surface area is 99.7 Å². The minimum atomic E-state index is -0.775. The maximum atomic E-state index is 10.7. The number of benzene rings is 1. The molecule has 1 aromatic heterocycles. The molecule has 1 fully saturated rings. The molecule has 1 heterocycles. The molecule has 3 nitrogen and oxygen atoms in total. The van der Waals surface area contributed by atoms with Crippen molar-refractivity contribution >= 4 is 16.9 Å². The molecule has 17 heavy (non-hydrogen) atoms. The van der Waals surface area contributed by atoms with Crippen molar-refractivity contribution in [3.63, 3.8) is 0 Å². The number of rotatable bonds is 3. The first-order valence-electron chi connectivity index (χ1n) is 5.95. The van der Waals surface area contributed by atoms with Crippen molar-refractivity contribution in [2.24, 2.45) is 7.05 Å². The largest absolute Gasteiger partial charge is 0.481 e. The first-order chi connectivity index (χ1) is 8.15. The molecular formula is C14H15NO2. The van der Waals surface area contributed by atoms with E-state index in [0.29, 0.717) is 0 Å². The maximum Gasteiger partial charge on any atom is 0.307 e. The summed E-state index contributed by atoms with van der Waals surface area (Å²) < 4.78 is 2.23. The lowest BCUT2D eigenvalue weighted by Crippen LogP contribution is -1.99. The fourth-order valence-corrected chi connectivity index (χ4v) is 2.48. The van der Waals surface area contributed by atoms with Crippen LogP contribution in [0, 0.1) is 0 Å². The maximum absolute atomic E-state index is 10.7. The van der Waals surface area contributed by atoms with Crippen LogP contribution in [0.1, 0.15) is 30.0 Å². The minimum absolute atomic E-state index is 0.101. The molecule has 0 bridgehead atoms. The number of nitrogens with zero attached hydrogens (tertiary/aromatic N) is 1. The second kappa shape index (κ2) is 3.62. The smallest absolute Gasteiger partial charge is 0.307 e. The molecule has 1 N–H and O–H groups in total. The Morgan fingerprint density at radius 1 is 1.41 bits per heavy atom. The van der Waals surface area contributed by atoms with E-state index in [1.54, 1.807) is 0 Å². The SMILES string of the molecule is Cn1c(C2CC2)cc2cc(CC(=O)O)ccc21. The molecule has 1 aliphatic rings. The fourth-order valence-electron chi connectivity index (χ4n) is 2.48. The molecule has 0 radical (unpaired) electrons. The van der Waals surface area contributed by atoms with Crippen molar-refractivity contribution < 1.29 is 9.90 Å². The average molecular weight is 229 g/mol. The molecule has 0 saturated heterocycles. The van der Waals surface area contributed by atoms with Crippen LogP contribution in [-0.4, -0.2) is 15.6 Å². The van der Waals surface area contributed by atoms with Crippen molar-refractivity contribution in [1.82, 2.24) is 4.57 Å². The van der Waals surface area contributed by atoms with Crippen LogP contribution in [0.3, 0.4) is 0 Å². The second-order valence-corrected chi connectivity index (χ2v) is 4.87. The van der Waals surface area contributed by atoms with Crippen LogP contribution in [0.2, 0.25) is 0 Å².